The van der Waals surface area contributed by atoms with E-state index in [0.29, 0.717) is 0 Å². The van der Waals surface area contributed by atoms with Gasteiger partial charge in [0.25, 0.3) is 0 Å². The summed E-state index contributed by atoms with van der Waals surface area (Å²) in [7, 11) is 0. The van der Waals surface area contributed by atoms with Crippen LogP contribution in [0.25, 0.3) is 0 Å². The van der Waals surface area contributed by atoms with Gasteiger partial charge in [0.2, 0.25) is 0 Å². The molecule has 1 heterocycles. The predicted molar refractivity (Wildman–Crippen MR) is 57.7 cm³/mol. The molecule has 0 aliphatic carbocycles. The Morgan fingerprint density at radius 1 is 1.23 bits per heavy atom. The Hall–Kier alpha value is -0.0800. The summed E-state index contributed by atoms with van der Waals surface area (Å²) >= 11 is 0. The van der Waals surface area contributed by atoms with Gasteiger partial charge in [-0.05, 0) is 12.3 Å². The Morgan fingerprint density at radius 2 is 1.77 bits per heavy atom. The molecular weight excluding hydrogens is 160 g/mol. The Morgan fingerprint density at radius 3 is 2.15 bits per heavy atom. The van der Waals surface area contributed by atoms with Crippen molar-refractivity contribution in [2.75, 3.05) is 19.6 Å². The fourth-order valence-electron chi connectivity index (χ4n) is 2.11. The van der Waals surface area contributed by atoms with Gasteiger partial charge in [-0.3, -0.25) is 4.90 Å². The van der Waals surface area contributed by atoms with Crippen molar-refractivity contribution in [3.8, 4) is 0 Å². The van der Waals surface area contributed by atoms with Crippen molar-refractivity contribution in [1.82, 2.24) is 4.90 Å². The second-order valence-corrected chi connectivity index (χ2v) is 4.57. The van der Waals surface area contributed by atoms with E-state index in [1.807, 2.05) is 0 Å². The molecule has 1 aliphatic heterocycles. The zero-order valence-corrected chi connectivity index (χ0v) is 9.34. The van der Waals surface area contributed by atoms with Gasteiger partial charge in [-0.25, -0.2) is 0 Å². The maximum Gasteiger partial charge on any atom is 0.0409 e. The highest BCUT2D eigenvalue weighted by Gasteiger charge is 2.37. The molecule has 0 aromatic carbocycles. The van der Waals surface area contributed by atoms with Gasteiger partial charge in [0.05, 0.1) is 0 Å². The maximum absolute atomic E-state index is 6.11. The monoisotopic (exact) mass is 184 g/mol. The first-order valence-corrected chi connectivity index (χ1v) is 5.64. The average molecular weight is 184 g/mol. The first-order chi connectivity index (χ1) is 6.13. The molecule has 2 heteroatoms. The first kappa shape index (κ1) is 11.0. The van der Waals surface area contributed by atoms with Gasteiger partial charge in [-0.15, -0.1) is 0 Å². The normalized spacial score (nSPS) is 21.9. The molecule has 2 N–H and O–H groups in total. The summed E-state index contributed by atoms with van der Waals surface area (Å²) in [5.41, 5.74) is 6.25. The zero-order chi connectivity index (χ0) is 9.90. The molecular formula is C11H24N2. The Labute approximate surface area is 82.5 Å². The molecule has 0 bridgehead atoms. The highest BCUT2D eigenvalue weighted by atomic mass is 15.2. The summed E-state index contributed by atoms with van der Waals surface area (Å²) in [5, 5.41) is 0. The Kier molecular flexibility index (Phi) is 3.74. The zero-order valence-electron chi connectivity index (χ0n) is 9.34. The second-order valence-electron chi connectivity index (χ2n) is 4.57. The van der Waals surface area contributed by atoms with E-state index < -0.39 is 0 Å². The highest BCUT2D eigenvalue weighted by molar-refractivity contribution is 4.98. The number of rotatable bonds is 5. The third kappa shape index (κ3) is 2.68. The van der Waals surface area contributed by atoms with Gasteiger partial charge < -0.3 is 5.73 Å². The third-order valence-electron chi connectivity index (χ3n) is 3.45. The average Bonchev–Trinajstić information content (AvgIpc) is 2.10. The minimum Gasteiger partial charge on any atom is -0.323 e. The number of hydrogen-bond acceptors (Lipinski definition) is 2. The molecule has 0 spiro atoms. The smallest absolute Gasteiger partial charge is 0.0409 e. The van der Waals surface area contributed by atoms with Crippen molar-refractivity contribution in [2.24, 2.45) is 11.7 Å². The van der Waals surface area contributed by atoms with E-state index >= 15 is 0 Å². The van der Waals surface area contributed by atoms with Gasteiger partial charge >= 0.3 is 0 Å². The lowest BCUT2D eigenvalue weighted by molar-refractivity contribution is 0.0512. The van der Waals surface area contributed by atoms with Crippen LogP contribution in [-0.4, -0.2) is 30.1 Å². The molecule has 0 unspecified atom stereocenters. The van der Waals surface area contributed by atoms with Gasteiger partial charge in [0.1, 0.15) is 0 Å². The van der Waals surface area contributed by atoms with E-state index in [0.717, 1.165) is 25.4 Å². The molecule has 0 aromatic rings. The fourth-order valence-corrected chi connectivity index (χ4v) is 2.11. The van der Waals surface area contributed by atoms with Crippen LogP contribution in [0.15, 0.2) is 0 Å². The predicted octanol–water partition coefficient (Wildman–Crippen LogP) is 1.85. The van der Waals surface area contributed by atoms with E-state index in [-0.39, 0.29) is 5.54 Å². The topological polar surface area (TPSA) is 29.3 Å². The quantitative estimate of drug-likeness (QED) is 0.706. The summed E-state index contributed by atoms with van der Waals surface area (Å²) in [6.07, 6.45) is 3.72. The van der Waals surface area contributed by atoms with Crippen LogP contribution in [0.2, 0.25) is 0 Å². The SMILES string of the molecule is CCC(CC)CN1CC(N)(CC)C1. The lowest BCUT2D eigenvalue weighted by Crippen LogP contribution is -2.67. The molecule has 78 valence electrons. The number of likely N-dealkylation sites (tertiary alicyclic amines) is 1. The maximum atomic E-state index is 6.11. The molecule has 1 rings (SSSR count). The van der Waals surface area contributed by atoms with Crippen molar-refractivity contribution in [1.29, 1.82) is 0 Å². The van der Waals surface area contributed by atoms with Crippen LogP contribution in [0.3, 0.4) is 0 Å². The fraction of sp³-hybridized carbons (Fsp3) is 1.00. The molecule has 1 fully saturated rings. The van der Waals surface area contributed by atoms with Crippen LogP contribution in [0, 0.1) is 5.92 Å². The van der Waals surface area contributed by atoms with Crippen molar-refractivity contribution in [3.05, 3.63) is 0 Å². The molecule has 2 nitrogen and oxygen atoms in total. The molecule has 0 atom stereocenters. The third-order valence-corrected chi connectivity index (χ3v) is 3.45. The van der Waals surface area contributed by atoms with Crippen LogP contribution in [-0.2, 0) is 0 Å². The first-order valence-electron chi connectivity index (χ1n) is 5.64. The van der Waals surface area contributed by atoms with Crippen LogP contribution in [0.4, 0.5) is 0 Å². The molecule has 0 aromatic heterocycles. The van der Waals surface area contributed by atoms with Crippen molar-refractivity contribution < 1.29 is 0 Å². The summed E-state index contributed by atoms with van der Waals surface area (Å²) < 4.78 is 0. The summed E-state index contributed by atoms with van der Waals surface area (Å²) in [4.78, 5) is 2.50. The van der Waals surface area contributed by atoms with E-state index in [4.69, 9.17) is 5.73 Å². The van der Waals surface area contributed by atoms with E-state index in [2.05, 4.69) is 25.7 Å². The minimum absolute atomic E-state index is 0.145. The molecule has 0 amide bonds. The van der Waals surface area contributed by atoms with Crippen molar-refractivity contribution >= 4 is 0 Å². The van der Waals surface area contributed by atoms with E-state index in [9.17, 15) is 0 Å². The van der Waals surface area contributed by atoms with Crippen LogP contribution >= 0.6 is 0 Å². The Balaban J connectivity index is 2.20. The molecule has 0 saturated carbocycles. The number of nitrogens with two attached hydrogens (primary N) is 1. The lowest BCUT2D eigenvalue weighted by atomic mass is 9.87. The molecule has 1 aliphatic rings. The van der Waals surface area contributed by atoms with Gasteiger partial charge in [-0.1, -0.05) is 33.6 Å². The Bertz CT molecular complexity index is 146. The van der Waals surface area contributed by atoms with Crippen molar-refractivity contribution in [3.63, 3.8) is 0 Å². The molecule has 0 radical (unpaired) electrons. The lowest BCUT2D eigenvalue weighted by Gasteiger charge is -2.48. The molecule has 13 heavy (non-hydrogen) atoms. The second kappa shape index (κ2) is 4.43. The van der Waals surface area contributed by atoms with Crippen LogP contribution in [0.5, 0.6) is 0 Å². The van der Waals surface area contributed by atoms with Gasteiger partial charge in [0.15, 0.2) is 0 Å². The summed E-state index contributed by atoms with van der Waals surface area (Å²) in [6.45, 7) is 10.2. The van der Waals surface area contributed by atoms with Crippen molar-refractivity contribution in [2.45, 2.75) is 45.6 Å². The number of nitrogens with zero attached hydrogens (tertiary/aromatic N) is 1. The van der Waals surface area contributed by atoms with Crippen LogP contribution in [0.1, 0.15) is 40.0 Å². The largest absolute Gasteiger partial charge is 0.323 e. The summed E-state index contributed by atoms with van der Waals surface area (Å²) in [5.74, 6) is 0.876. The summed E-state index contributed by atoms with van der Waals surface area (Å²) in [6, 6.07) is 0. The van der Waals surface area contributed by atoms with E-state index in [1.165, 1.54) is 19.4 Å². The minimum atomic E-state index is 0.145. The number of hydrogen-bond donors (Lipinski definition) is 1. The van der Waals surface area contributed by atoms with Crippen LogP contribution < -0.4 is 5.73 Å². The standard InChI is InChI=1S/C11H24N2/c1-4-10(5-2)7-13-8-11(12,6-3)9-13/h10H,4-9,12H2,1-3H3. The highest BCUT2D eigenvalue weighted by Crippen LogP contribution is 2.23. The van der Waals surface area contributed by atoms with E-state index in [1.54, 1.807) is 0 Å². The van der Waals surface area contributed by atoms with Gasteiger partial charge in [0, 0.05) is 25.2 Å². The molecule has 1 saturated heterocycles. The van der Waals surface area contributed by atoms with Gasteiger partial charge in [-0.2, -0.15) is 0 Å².